The number of fused-ring (bicyclic) bond motifs is 1. The summed E-state index contributed by atoms with van der Waals surface area (Å²) < 4.78 is 4.69. The predicted molar refractivity (Wildman–Crippen MR) is 77.4 cm³/mol. The van der Waals surface area contributed by atoms with Gasteiger partial charge in [0.15, 0.2) is 0 Å². The number of methoxy groups -OCH3 is 1. The number of amides is 1. The molecule has 1 amide bonds. The summed E-state index contributed by atoms with van der Waals surface area (Å²) >= 11 is 0. The van der Waals surface area contributed by atoms with Crippen LogP contribution >= 0.6 is 0 Å². The maximum Gasteiger partial charge on any atom is 0.337 e. The fraction of sp³-hybridized carbons (Fsp3) is 0.200. The largest absolute Gasteiger partial charge is 0.465 e. The van der Waals surface area contributed by atoms with Gasteiger partial charge in [-0.15, -0.1) is 0 Å². The van der Waals surface area contributed by atoms with E-state index >= 15 is 0 Å². The summed E-state index contributed by atoms with van der Waals surface area (Å²) in [4.78, 5) is 25.3. The Hall–Kier alpha value is -2.56. The van der Waals surface area contributed by atoms with Gasteiger partial charge in [0.2, 0.25) is 5.91 Å². The molecule has 1 aromatic carbocycles. The molecule has 5 heteroatoms. The normalized spacial score (nSPS) is 10.9. The van der Waals surface area contributed by atoms with Crippen molar-refractivity contribution in [2.75, 3.05) is 13.7 Å². The predicted octanol–water partition coefficient (Wildman–Crippen LogP) is 2.10. The quantitative estimate of drug-likeness (QED) is 0.837. The first kappa shape index (κ1) is 13.9. The van der Waals surface area contributed by atoms with Gasteiger partial charge in [0.05, 0.1) is 12.7 Å². The Bertz CT molecular complexity index is 671. The zero-order chi connectivity index (χ0) is 14.5. The third-order valence-electron chi connectivity index (χ3n) is 2.90. The average molecular weight is 272 g/mol. The Morgan fingerprint density at radius 2 is 2.20 bits per heavy atom. The minimum Gasteiger partial charge on any atom is -0.465 e. The molecule has 20 heavy (non-hydrogen) atoms. The van der Waals surface area contributed by atoms with E-state index in [1.807, 2.05) is 24.4 Å². The maximum absolute atomic E-state index is 11.4. The Morgan fingerprint density at radius 1 is 1.40 bits per heavy atom. The van der Waals surface area contributed by atoms with Crippen molar-refractivity contribution in [3.8, 4) is 0 Å². The van der Waals surface area contributed by atoms with Crippen LogP contribution in [0.3, 0.4) is 0 Å². The number of ether oxygens (including phenoxy) is 1. The molecule has 2 aromatic rings. The number of nitrogens with one attached hydrogen (secondary N) is 2. The van der Waals surface area contributed by atoms with Gasteiger partial charge in [-0.2, -0.15) is 0 Å². The topological polar surface area (TPSA) is 71.2 Å². The summed E-state index contributed by atoms with van der Waals surface area (Å²) in [7, 11) is 1.36. The monoisotopic (exact) mass is 272 g/mol. The number of H-pyrrole nitrogens is 1. The highest BCUT2D eigenvalue weighted by Crippen LogP contribution is 2.21. The van der Waals surface area contributed by atoms with E-state index < -0.39 is 0 Å². The van der Waals surface area contributed by atoms with Gasteiger partial charge < -0.3 is 15.0 Å². The molecule has 1 aromatic heterocycles. The molecule has 0 aliphatic carbocycles. The zero-order valence-electron chi connectivity index (χ0n) is 11.4. The van der Waals surface area contributed by atoms with Crippen LogP contribution in [0.15, 0.2) is 30.5 Å². The SMILES string of the molecule is COC(=O)c1ccc2c(C=CCNC(C)=O)c[nH]c2c1. The van der Waals surface area contributed by atoms with Crippen molar-refractivity contribution in [3.63, 3.8) is 0 Å². The number of aromatic amines is 1. The Labute approximate surface area is 116 Å². The Morgan fingerprint density at radius 3 is 2.90 bits per heavy atom. The van der Waals surface area contributed by atoms with Crippen LogP contribution in [-0.2, 0) is 9.53 Å². The summed E-state index contributed by atoms with van der Waals surface area (Å²) in [6.07, 6.45) is 5.65. The minimum absolute atomic E-state index is 0.0590. The number of carbonyl (C=O) groups excluding carboxylic acids is 2. The smallest absolute Gasteiger partial charge is 0.337 e. The average Bonchev–Trinajstić information content (AvgIpc) is 2.84. The molecule has 0 spiro atoms. The summed E-state index contributed by atoms with van der Waals surface area (Å²) in [5, 5.41) is 3.70. The lowest BCUT2D eigenvalue weighted by Gasteiger charge is -1.99. The lowest BCUT2D eigenvalue weighted by molar-refractivity contribution is -0.118. The molecule has 0 aliphatic heterocycles. The standard InChI is InChI=1S/C15H16N2O3/c1-10(18)16-7-3-4-12-9-17-14-8-11(15(19)20-2)5-6-13(12)14/h3-6,8-9,17H,7H2,1-2H3,(H,16,18). The van der Waals surface area contributed by atoms with Gasteiger partial charge in [0.25, 0.3) is 0 Å². The van der Waals surface area contributed by atoms with Crippen LogP contribution in [0.1, 0.15) is 22.8 Å². The van der Waals surface area contributed by atoms with E-state index in [2.05, 4.69) is 15.0 Å². The van der Waals surface area contributed by atoms with E-state index in [1.165, 1.54) is 14.0 Å². The molecule has 0 radical (unpaired) electrons. The van der Waals surface area contributed by atoms with Crippen LogP contribution < -0.4 is 5.32 Å². The van der Waals surface area contributed by atoms with Gasteiger partial charge in [-0.3, -0.25) is 4.79 Å². The second kappa shape index (κ2) is 6.06. The number of rotatable bonds is 4. The van der Waals surface area contributed by atoms with E-state index in [0.29, 0.717) is 12.1 Å². The first-order valence-corrected chi connectivity index (χ1v) is 6.22. The van der Waals surface area contributed by atoms with Crippen molar-refractivity contribution in [2.24, 2.45) is 0 Å². The molecule has 2 N–H and O–H groups in total. The Balaban J connectivity index is 2.20. The number of carbonyl (C=O) groups is 2. The van der Waals surface area contributed by atoms with Crippen molar-refractivity contribution in [1.29, 1.82) is 0 Å². The summed E-state index contributed by atoms with van der Waals surface area (Å²) in [6.45, 7) is 1.97. The lowest BCUT2D eigenvalue weighted by Crippen LogP contribution is -2.19. The van der Waals surface area contributed by atoms with E-state index in [4.69, 9.17) is 0 Å². The van der Waals surface area contributed by atoms with Gasteiger partial charge in [-0.1, -0.05) is 18.2 Å². The van der Waals surface area contributed by atoms with Gasteiger partial charge in [0.1, 0.15) is 0 Å². The molecule has 2 rings (SSSR count). The fourth-order valence-corrected chi connectivity index (χ4v) is 1.92. The number of hydrogen-bond acceptors (Lipinski definition) is 3. The van der Waals surface area contributed by atoms with Crippen LogP contribution in [0.4, 0.5) is 0 Å². The van der Waals surface area contributed by atoms with Crippen molar-refractivity contribution in [2.45, 2.75) is 6.92 Å². The maximum atomic E-state index is 11.4. The molecule has 1 heterocycles. The summed E-state index contributed by atoms with van der Waals surface area (Å²) in [5.41, 5.74) is 2.38. The highest BCUT2D eigenvalue weighted by atomic mass is 16.5. The zero-order valence-corrected chi connectivity index (χ0v) is 11.4. The second-order valence-electron chi connectivity index (χ2n) is 4.34. The van der Waals surface area contributed by atoms with Crippen LogP contribution in [0.2, 0.25) is 0 Å². The fourth-order valence-electron chi connectivity index (χ4n) is 1.92. The van der Waals surface area contributed by atoms with E-state index in [9.17, 15) is 9.59 Å². The molecule has 0 aliphatic rings. The molecule has 104 valence electrons. The molecule has 0 saturated carbocycles. The molecule has 0 unspecified atom stereocenters. The first-order chi connectivity index (χ1) is 9.61. The van der Waals surface area contributed by atoms with E-state index in [-0.39, 0.29) is 11.9 Å². The molecule has 5 nitrogen and oxygen atoms in total. The Kier molecular flexibility index (Phi) is 4.20. The van der Waals surface area contributed by atoms with Crippen LogP contribution in [0.5, 0.6) is 0 Å². The second-order valence-corrected chi connectivity index (χ2v) is 4.34. The van der Waals surface area contributed by atoms with Crippen LogP contribution in [0.25, 0.3) is 17.0 Å². The van der Waals surface area contributed by atoms with Gasteiger partial charge in [-0.25, -0.2) is 4.79 Å². The molecular formula is C15H16N2O3. The number of esters is 1. The third-order valence-corrected chi connectivity index (χ3v) is 2.90. The number of aromatic nitrogens is 1. The first-order valence-electron chi connectivity index (χ1n) is 6.22. The van der Waals surface area contributed by atoms with Crippen molar-refractivity contribution in [1.82, 2.24) is 10.3 Å². The van der Waals surface area contributed by atoms with Crippen molar-refractivity contribution < 1.29 is 14.3 Å². The van der Waals surface area contributed by atoms with E-state index in [0.717, 1.165) is 16.5 Å². The summed E-state index contributed by atoms with van der Waals surface area (Å²) in [5.74, 6) is -0.416. The highest BCUT2D eigenvalue weighted by molar-refractivity contribution is 5.97. The molecule has 0 fully saturated rings. The van der Waals surface area contributed by atoms with Gasteiger partial charge >= 0.3 is 5.97 Å². The van der Waals surface area contributed by atoms with Crippen LogP contribution in [-0.4, -0.2) is 30.5 Å². The molecule has 0 saturated heterocycles. The van der Waals surface area contributed by atoms with Crippen molar-refractivity contribution >= 4 is 28.9 Å². The minimum atomic E-state index is -0.357. The third kappa shape index (κ3) is 3.06. The molecule has 0 bridgehead atoms. The number of benzene rings is 1. The number of hydrogen-bond donors (Lipinski definition) is 2. The van der Waals surface area contributed by atoms with Crippen molar-refractivity contribution in [3.05, 3.63) is 41.6 Å². The van der Waals surface area contributed by atoms with E-state index in [1.54, 1.807) is 12.1 Å². The molecule has 0 atom stereocenters. The van der Waals surface area contributed by atoms with Crippen LogP contribution in [0, 0.1) is 0 Å². The van der Waals surface area contributed by atoms with Gasteiger partial charge in [0, 0.05) is 30.6 Å². The summed E-state index contributed by atoms with van der Waals surface area (Å²) in [6, 6.07) is 5.36. The molecular weight excluding hydrogens is 256 g/mol. The van der Waals surface area contributed by atoms with Gasteiger partial charge in [-0.05, 0) is 17.7 Å². The lowest BCUT2D eigenvalue weighted by atomic mass is 10.1. The highest BCUT2D eigenvalue weighted by Gasteiger charge is 2.08.